The van der Waals surface area contributed by atoms with E-state index < -0.39 is 0 Å². The molecule has 0 aromatic heterocycles. The van der Waals surface area contributed by atoms with Crippen LogP contribution in [0.1, 0.15) is 46.0 Å². The number of allylic oxidation sites excluding steroid dienone is 4. The Balaban J connectivity index is 1.62. The molecule has 2 aliphatic heterocycles. The molecule has 5 unspecified atom stereocenters. The van der Waals surface area contributed by atoms with Gasteiger partial charge in [0, 0.05) is 29.7 Å². The number of nitrogens with one attached hydrogen (secondary N) is 2. The van der Waals surface area contributed by atoms with Gasteiger partial charge in [-0.1, -0.05) is 37.5 Å². The molecule has 0 spiro atoms. The zero-order valence-corrected chi connectivity index (χ0v) is 13.9. The number of hydrogen-bond acceptors (Lipinski definition) is 2. The maximum absolute atomic E-state index is 3.99. The fraction of sp³-hybridized carbons (Fsp3) is 0.700. The Kier molecular flexibility index (Phi) is 2.75. The number of hydrogen-bond donors (Lipinski definition) is 2. The highest BCUT2D eigenvalue weighted by molar-refractivity contribution is 5.46. The van der Waals surface area contributed by atoms with Crippen molar-refractivity contribution in [2.24, 2.45) is 23.7 Å². The molecule has 0 aromatic rings. The van der Waals surface area contributed by atoms with Crippen molar-refractivity contribution in [3.63, 3.8) is 0 Å². The Hall–Kier alpha value is -1.02. The second kappa shape index (κ2) is 4.50. The van der Waals surface area contributed by atoms with E-state index >= 15 is 0 Å². The topological polar surface area (TPSA) is 24.1 Å². The smallest absolute Gasteiger partial charge is 0.0336 e. The molecule has 2 heteroatoms. The maximum atomic E-state index is 3.99. The molecule has 2 N–H and O–H groups in total. The van der Waals surface area contributed by atoms with Crippen molar-refractivity contribution in [3.8, 4) is 0 Å². The van der Waals surface area contributed by atoms with Crippen molar-refractivity contribution in [1.29, 1.82) is 0 Å². The molecule has 2 saturated carbocycles. The summed E-state index contributed by atoms with van der Waals surface area (Å²) in [5.41, 5.74) is 4.99. The lowest BCUT2D eigenvalue weighted by Gasteiger charge is -2.45. The van der Waals surface area contributed by atoms with Crippen molar-refractivity contribution >= 4 is 0 Å². The van der Waals surface area contributed by atoms with Gasteiger partial charge in [0.25, 0.3) is 0 Å². The molecule has 0 amide bonds. The van der Waals surface area contributed by atoms with Crippen LogP contribution in [0.3, 0.4) is 0 Å². The molecular weight excluding hydrogens is 268 g/mol. The zero-order chi connectivity index (χ0) is 14.9. The summed E-state index contributed by atoms with van der Waals surface area (Å²) >= 11 is 0. The predicted molar refractivity (Wildman–Crippen MR) is 90.3 cm³/mol. The first-order chi connectivity index (χ1) is 10.6. The summed E-state index contributed by atoms with van der Waals surface area (Å²) in [6.07, 6.45) is 14.1. The molecule has 2 nitrogen and oxygen atoms in total. The van der Waals surface area contributed by atoms with Gasteiger partial charge in [-0.25, -0.2) is 0 Å². The molecule has 5 rings (SSSR count). The molecule has 5 aliphatic rings. The highest BCUT2D eigenvalue weighted by Gasteiger charge is 2.51. The first kappa shape index (κ1) is 13.4. The van der Waals surface area contributed by atoms with Gasteiger partial charge in [-0.15, -0.1) is 0 Å². The van der Waals surface area contributed by atoms with Gasteiger partial charge in [0.1, 0.15) is 0 Å². The van der Waals surface area contributed by atoms with Gasteiger partial charge in [-0.3, -0.25) is 0 Å². The Morgan fingerprint density at radius 3 is 3.00 bits per heavy atom. The Bertz CT molecular complexity index is 595. The third-order valence-electron chi connectivity index (χ3n) is 7.24. The van der Waals surface area contributed by atoms with Crippen LogP contribution in [-0.2, 0) is 0 Å². The summed E-state index contributed by atoms with van der Waals surface area (Å²) in [7, 11) is 0. The standard InChI is InChI=1S/C20H28N2/c1-12-19-17(8-13-5-6-13)16-9-15-11-20(12,2)21-7-3-4-14(15)10-18(16)22-19/h3-4,10,12-13,16-17,19,21-22H,5-9,11H2,1-2H3/b4-3-. The highest BCUT2D eigenvalue weighted by Crippen LogP contribution is 2.52. The fourth-order valence-electron chi connectivity index (χ4n) is 5.54. The van der Waals surface area contributed by atoms with E-state index in [0.717, 1.165) is 24.3 Å². The molecule has 2 heterocycles. The molecule has 3 aliphatic carbocycles. The van der Waals surface area contributed by atoms with Crippen LogP contribution in [0.2, 0.25) is 0 Å². The lowest BCUT2D eigenvalue weighted by molar-refractivity contribution is 0.149. The molecule has 0 aromatic carbocycles. The van der Waals surface area contributed by atoms with Crippen LogP contribution < -0.4 is 10.6 Å². The van der Waals surface area contributed by atoms with Gasteiger partial charge in [0.05, 0.1) is 0 Å². The minimum absolute atomic E-state index is 0.226. The average Bonchev–Trinajstić information content (AvgIpc) is 3.22. The quantitative estimate of drug-likeness (QED) is 0.814. The normalized spacial score (nSPS) is 47.5. The van der Waals surface area contributed by atoms with Crippen molar-refractivity contribution in [3.05, 3.63) is 35.1 Å². The van der Waals surface area contributed by atoms with Gasteiger partial charge in [-0.05, 0) is 55.6 Å². The van der Waals surface area contributed by atoms with Crippen molar-refractivity contribution < 1.29 is 0 Å². The lowest BCUT2D eigenvalue weighted by Crippen LogP contribution is -2.56. The summed E-state index contributed by atoms with van der Waals surface area (Å²) in [5, 5.41) is 7.86. The van der Waals surface area contributed by atoms with E-state index in [-0.39, 0.29) is 5.54 Å². The SMILES string of the molecule is CC1C2NC3=CC4=C(CC3C2CC2CC2)CC1(C)NC/C=C\4. The Labute approximate surface area is 134 Å². The van der Waals surface area contributed by atoms with E-state index in [2.05, 4.69) is 42.7 Å². The first-order valence-corrected chi connectivity index (χ1v) is 9.26. The van der Waals surface area contributed by atoms with E-state index in [9.17, 15) is 0 Å². The molecule has 22 heavy (non-hydrogen) atoms. The van der Waals surface area contributed by atoms with Crippen LogP contribution in [0.15, 0.2) is 35.1 Å². The van der Waals surface area contributed by atoms with Crippen molar-refractivity contribution in [2.45, 2.75) is 57.5 Å². The maximum Gasteiger partial charge on any atom is 0.0336 e. The van der Waals surface area contributed by atoms with Gasteiger partial charge in [-0.2, -0.15) is 0 Å². The molecule has 0 radical (unpaired) electrons. The minimum Gasteiger partial charge on any atom is -0.385 e. The van der Waals surface area contributed by atoms with Crippen LogP contribution in [0, 0.1) is 23.7 Å². The summed E-state index contributed by atoms with van der Waals surface area (Å²) in [5.74, 6) is 3.34. The monoisotopic (exact) mass is 296 g/mol. The summed E-state index contributed by atoms with van der Waals surface area (Å²) in [6.45, 7) is 5.96. The van der Waals surface area contributed by atoms with Gasteiger partial charge >= 0.3 is 0 Å². The summed E-state index contributed by atoms with van der Waals surface area (Å²) in [6, 6.07) is 0.661. The lowest BCUT2D eigenvalue weighted by atomic mass is 9.65. The largest absolute Gasteiger partial charge is 0.385 e. The van der Waals surface area contributed by atoms with E-state index in [4.69, 9.17) is 0 Å². The van der Waals surface area contributed by atoms with Crippen LogP contribution in [-0.4, -0.2) is 18.1 Å². The molecular formula is C20H28N2. The molecule has 4 bridgehead atoms. The molecule has 1 saturated heterocycles. The Morgan fingerprint density at radius 2 is 2.18 bits per heavy atom. The second-order valence-corrected chi connectivity index (χ2v) is 8.65. The van der Waals surface area contributed by atoms with Crippen molar-refractivity contribution in [1.82, 2.24) is 10.6 Å². The molecule has 5 atom stereocenters. The van der Waals surface area contributed by atoms with Gasteiger partial charge in [0.15, 0.2) is 0 Å². The van der Waals surface area contributed by atoms with Gasteiger partial charge < -0.3 is 10.6 Å². The van der Waals surface area contributed by atoms with Crippen LogP contribution in [0.25, 0.3) is 0 Å². The molecule has 118 valence electrons. The van der Waals surface area contributed by atoms with E-state index in [1.54, 1.807) is 11.3 Å². The molecule has 3 fully saturated rings. The summed E-state index contributed by atoms with van der Waals surface area (Å²) in [4.78, 5) is 0. The fourth-order valence-corrected chi connectivity index (χ4v) is 5.54. The number of fused-ring (bicyclic) bond motifs is 2. The Morgan fingerprint density at radius 1 is 1.32 bits per heavy atom. The van der Waals surface area contributed by atoms with Crippen LogP contribution >= 0.6 is 0 Å². The van der Waals surface area contributed by atoms with Gasteiger partial charge in [0.2, 0.25) is 0 Å². The second-order valence-electron chi connectivity index (χ2n) is 8.65. The third kappa shape index (κ3) is 1.89. The minimum atomic E-state index is 0.226. The number of rotatable bonds is 2. The average molecular weight is 296 g/mol. The van der Waals surface area contributed by atoms with Crippen molar-refractivity contribution in [2.75, 3.05) is 6.54 Å². The predicted octanol–water partition coefficient (Wildman–Crippen LogP) is 3.53. The summed E-state index contributed by atoms with van der Waals surface area (Å²) < 4.78 is 0. The van der Waals surface area contributed by atoms with E-state index in [1.807, 2.05) is 0 Å². The van der Waals surface area contributed by atoms with Crippen LogP contribution in [0.4, 0.5) is 0 Å². The van der Waals surface area contributed by atoms with Crippen LogP contribution in [0.5, 0.6) is 0 Å². The highest BCUT2D eigenvalue weighted by atomic mass is 15.1. The first-order valence-electron chi connectivity index (χ1n) is 9.26. The zero-order valence-electron chi connectivity index (χ0n) is 13.9. The third-order valence-corrected chi connectivity index (χ3v) is 7.24. The van der Waals surface area contributed by atoms with E-state index in [0.29, 0.717) is 12.0 Å². The van der Waals surface area contributed by atoms with E-state index in [1.165, 1.54) is 37.7 Å².